The van der Waals surface area contributed by atoms with Gasteiger partial charge in [-0.05, 0) is 6.07 Å². The van der Waals surface area contributed by atoms with E-state index in [4.69, 9.17) is 16.3 Å². The van der Waals surface area contributed by atoms with Gasteiger partial charge in [-0.2, -0.15) is 0 Å². The van der Waals surface area contributed by atoms with E-state index in [9.17, 15) is 27.1 Å². The Hall–Kier alpha value is -3.75. The maximum absolute atomic E-state index is 14.9. The number of aromatic nitrogens is 4. The number of halogens is 3. The Balaban J connectivity index is 1.75. The van der Waals surface area contributed by atoms with E-state index < -0.39 is 44.2 Å². The molecule has 0 bridgehead atoms. The highest BCUT2D eigenvalue weighted by Gasteiger charge is 2.35. The highest BCUT2D eigenvalue weighted by atomic mass is 35.5. The van der Waals surface area contributed by atoms with Crippen LogP contribution in [-0.4, -0.2) is 39.6 Å². The largest absolute Gasteiger partial charge is 0.464 e. The molecule has 34 heavy (non-hydrogen) atoms. The van der Waals surface area contributed by atoms with Gasteiger partial charge in [0.2, 0.25) is 0 Å². The standard InChI is InChI=1S/C19H10ClF2N5O5S2/c20-17-1-11(10-4-23-8-24-5-10)15(6-25-17)32-14-2-13(22)16(3-12(14)21)34(30,31)27(19(28)29)18-7-33-9-26-18/h1-9H,(H,28,29). The van der Waals surface area contributed by atoms with Gasteiger partial charge in [0.15, 0.2) is 23.1 Å². The van der Waals surface area contributed by atoms with Crippen molar-refractivity contribution in [3.63, 3.8) is 0 Å². The number of carbonyl (C=O) groups is 1. The molecule has 10 nitrogen and oxygen atoms in total. The summed E-state index contributed by atoms with van der Waals surface area (Å²) in [5, 5.41) is 10.6. The van der Waals surface area contributed by atoms with E-state index in [1.807, 2.05) is 0 Å². The van der Waals surface area contributed by atoms with Crippen LogP contribution in [0.5, 0.6) is 11.5 Å². The summed E-state index contributed by atoms with van der Waals surface area (Å²) in [6.45, 7) is 0. The van der Waals surface area contributed by atoms with Crippen LogP contribution in [0.25, 0.3) is 11.1 Å². The van der Waals surface area contributed by atoms with Crippen LogP contribution in [0.1, 0.15) is 0 Å². The second kappa shape index (κ2) is 9.24. The van der Waals surface area contributed by atoms with Crippen molar-refractivity contribution < 1.29 is 31.8 Å². The summed E-state index contributed by atoms with van der Waals surface area (Å²) in [4.78, 5) is 25.6. The Labute approximate surface area is 199 Å². The first-order valence-corrected chi connectivity index (χ1v) is 11.7. The minimum atomic E-state index is -5.06. The lowest BCUT2D eigenvalue weighted by Gasteiger charge is -2.18. The Morgan fingerprint density at radius 3 is 2.44 bits per heavy atom. The average Bonchev–Trinajstić information content (AvgIpc) is 3.31. The second-order valence-electron chi connectivity index (χ2n) is 6.34. The van der Waals surface area contributed by atoms with Gasteiger partial charge < -0.3 is 9.84 Å². The zero-order valence-corrected chi connectivity index (χ0v) is 18.9. The third-order valence-electron chi connectivity index (χ3n) is 4.23. The van der Waals surface area contributed by atoms with E-state index in [1.165, 1.54) is 30.3 Å². The number of hydrogen-bond acceptors (Lipinski definition) is 9. The SMILES string of the molecule is O=C(O)N(c1cscn1)S(=O)(=O)c1cc(F)c(Oc2cnc(Cl)cc2-c2cncnc2)cc1F. The molecule has 0 spiro atoms. The fourth-order valence-corrected chi connectivity index (χ4v) is 4.84. The van der Waals surface area contributed by atoms with Crippen LogP contribution in [-0.2, 0) is 10.0 Å². The Bertz CT molecular complexity index is 1470. The lowest BCUT2D eigenvalue weighted by atomic mass is 10.1. The number of nitrogens with zero attached hydrogens (tertiary/aromatic N) is 5. The molecule has 0 unspecified atom stereocenters. The van der Waals surface area contributed by atoms with Crippen LogP contribution >= 0.6 is 22.9 Å². The van der Waals surface area contributed by atoms with Crippen molar-refractivity contribution in [1.82, 2.24) is 19.9 Å². The number of amides is 1. The fraction of sp³-hybridized carbons (Fsp3) is 0. The Kier molecular flexibility index (Phi) is 6.37. The minimum Gasteiger partial charge on any atom is -0.464 e. The lowest BCUT2D eigenvalue weighted by Crippen LogP contribution is -2.36. The first-order chi connectivity index (χ1) is 16.2. The van der Waals surface area contributed by atoms with Crippen molar-refractivity contribution in [2.24, 2.45) is 0 Å². The summed E-state index contributed by atoms with van der Waals surface area (Å²) in [5.41, 5.74) is 1.92. The Morgan fingerprint density at radius 2 is 1.79 bits per heavy atom. The van der Waals surface area contributed by atoms with E-state index in [1.54, 1.807) is 0 Å². The predicted octanol–water partition coefficient (Wildman–Crippen LogP) is 4.59. The molecule has 0 saturated heterocycles. The van der Waals surface area contributed by atoms with E-state index in [0.717, 1.165) is 22.9 Å². The van der Waals surface area contributed by atoms with Crippen LogP contribution in [0.15, 0.2) is 58.9 Å². The molecule has 1 amide bonds. The molecule has 0 radical (unpaired) electrons. The number of benzene rings is 1. The zero-order chi connectivity index (χ0) is 24.5. The molecule has 1 N–H and O–H groups in total. The van der Waals surface area contributed by atoms with E-state index in [0.29, 0.717) is 23.3 Å². The zero-order valence-electron chi connectivity index (χ0n) is 16.5. The molecule has 0 fully saturated rings. The predicted molar refractivity (Wildman–Crippen MR) is 117 cm³/mol. The third-order valence-corrected chi connectivity index (χ3v) is 6.70. The first-order valence-electron chi connectivity index (χ1n) is 8.92. The number of sulfonamides is 1. The van der Waals surface area contributed by atoms with Crippen LogP contribution in [0.2, 0.25) is 5.15 Å². The number of pyridine rings is 1. The second-order valence-corrected chi connectivity index (χ2v) is 9.21. The molecule has 15 heteroatoms. The van der Waals surface area contributed by atoms with Crippen LogP contribution in [0, 0.1) is 11.6 Å². The number of anilines is 1. The van der Waals surface area contributed by atoms with Gasteiger partial charge in [0.1, 0.15) is 22.2 Å². The van der Waals surface area contributed by atoms with Gasteiger partial charge in [-0.3, -0.25) is 0 Å². The van der Waals surface area contributed by atoms with Crippen molar-refractivity contribution in [3.8, 4) is 22.6 Å². The number of thiazole rings is 1. The van der Waals surface area contributed by atoms with Gasteiger partial charge in [0, 0.05) is 41.0 Å². The van der Waals surface area contributed by atoms with E-state index >= 15 is 0 Å². The smallest absolute Gasteiger partial charge is 0.427 e. The van der Waals surface area contributed by atoms with Crippen LogP contribution in [0.4, 0.5) is 19.4 Å². The molecule has 3 aromatic heterocycles. The molecule has 1 aromatic carbocycles. The number of hydrogen-bond donors (Lipinski definition) is 1. The quantitative estimate of drug-likeness (QED) is 0.358. The highest BCUT2D eigenvalue weighted by molar-refractivity contribution is 7.93. The third kappa shape index (κ3) is 4.50. The maximum Gasteiger partial charge on any atom is 0.427 e. The van der Waals surface area contributed by atoms with E-state index in [-0.39, 0.29) is 15.2 Å². The molecule has 3 heterocycles. The molecule has 4 aromatic rings. The van der Waals surface area contributed by atoms with Gasteiger partial charge >= 0.3 is 6.09 Å². The normalized spacial score (nSPS) is 11.3. The number of carboxylic acid groups (broad SMARTS) is 1. The molecule has 0 aliphatic heterocycles. The van der Waals surface area contributed by atoms with Crippen LogP contribution < -0.4 is 9.04 Å². The van der Waals surface area contributed by atoms with Crippen molar-refractivity contribution in [2.75, 3.05) is 4.31 Å². The molecule has 0 aliphatic rings. The van der Waals surface area contributed by atoms with Crippen molar-refractivity contribution >= 4 is 44.9 Å². The molecule has 174 valence electrons. The van der Waals surface area contributed by atoms with Crippen molar-refractivity contribution in [2.45, 2.75) is 4.90 Å². The van der Waals surface area contributed by atoms with Crippen molar-refractivity contribution in [1.29, 1.82) is 0 Å². The molecule has 4 rings (SSSR count). The summed E-state index contributed by atoms with van der Waals surface area (Å²) < 4.78 is 60.6. The van der Waals surface area contributed by atoms with Crippen LogP contribution in [0.3, 0.4) is 0 Å². The van der Waals surface area contributed by atoms with Crippen molar-refractivity contribution in [3.05, 3.63) is 70.8 Å². The van der Waals surface area contributed by atoms with Gasteiger partial charge in [0.25, 0.3) is 10.0 Å². The van der Waals surface area contributed by atoms with E-state index in [2.05, 4.69) is 19.9 Å². The summed E-state index contributed by atoms with van der Waals surface area (Å²) >= 11 is 6.84. The Morgan fingerprint density at radius 1 is 1.06 bits per heavy atom. The summed E-state index contributed by atoms with van der Waals surface area (Å²) in [6.07, 6.45) is 3.34. The minimum absolute atomic E-state index is 0.0530. The fourth-order valence-electron chi connectivity index (χ4n) is 2.80. The van der Waals surface area contributed by atoms with Gasteiger partial charge in [-0.1, -0.05) is 11.6 Å². The average molecular weight is 526 g/mol. The molecular weight excluding hydrogens is 516 g/mol. The first kappa shape index (κ1) is 23.4. The molecule has 0 atom stereocenters. The topological polar surface area (TPSA) is 135 Å². The summed E-state index contributed by atoms with van der Waals surface area (Å²) in [7, 11) is -5.06. The number of rotatable bonds is 6. The summed E-state index contributed by atoms with van der Waals surface area (Å²) in [5.74, 6) is -3.96. The van der Waals surface area contributed by atoms with Gasteiger partial charge in [-0.15, -0.1) is 15.6 Å². The number of ether oxygens (including phenoxy) is 1. The molecule has 0 saturated carbocycles. The lowest BCUT2D eigenvalue weighted by molar-refractivity contribution is 0.206. The van der Waals surface area contributed by atoms with Gasteiger partial charge in [-0.25, -0.2) is 41.9 Å². The summed E-state index contributed by atoms with van der Waals surface area (Å²) in [6, 6.07) is 2.18. The molecule has 0 aliphatic carbocycles. The monoisotopic (exact) mass is 525 g/mol. The highest BCUT2D eigenvalue weighted by Crippen LogP contribution is 2.36. The maximum atomic E-state index is 14.9. The van der Waals surface area contributed by atoms with Gasteiger partial charge in [0.05, 0.1) is 11.7 Å². The molecular formula is C19H10ClF2N5O5S2.